The van der Waals surface area contributed by atoms with Crippen molar-refractivity contribution in [1.29, 1.82) is 0 Å². The van der Waals surface area contributed by atoms with Crippen LogP contribution in [0.2, 0.25) is 0 Å². The van der Waals surface area contributed by atoms with E-state index < -0.39 is 19.7 Å². The number of aryl methyl sites for hydroxylation is 2. The molecule has 2 unspecified atom stereocenters. The average molecular weight is 521 g/mol. The zero-order valence-corrected chi connectivity index (χ0v) is 21.5. The maximum atomic E-state index is 10.7. The van der Waals surface area contributed by atoms with Crippen molar-refractivity contribution in [2.45, 2.75) is 82.5 Å². The summed E-state index contributed by atoms with van der Waals surface area (Å²) in [5.41, 5.74) is 1.75. The Bertz CT molecular complexity index is 959. The summed E-state index contributed by atoms with van der Waals surface area (Å²) < 4.78 is 21.7. The number of phenols is 2. The summed E-state index contributed by atoms with van der Waals surface area (Å²) in [6, 6.07) is 8.61. The van der Waals surface area contributed by atoms with Gasteiger partial charge in [-0.05, 0) is 93.2 Å². The van der Waals surface area contributed by atoms with Gasteiger partial charge in [-0.1, -0.05) is 12.5 Å². The summed E-state index contributed by atoms with van der Waals surface area (Å²) in [7, 11) is 1.42. The van der Waals surface area contributed by atoms with E-state index in [2.05, 4.69) is 0 Å². The lowest BCUT2D eigenvalue weighted by Gasteiger charge is -2.24. The number of aromatic hydroxyl groups is 2. The first-order valence-electron chi connectivity index (χ1n) is 13.0. The molecule has 5 N–H and O–H groups in total. The SMILES string of the molecule is COc1cc(CCC(O)CC(CCc2ccc(O)c(OC3CCCCC3)c2)OCO)cc(OCO)c1O. The molecule has 2 atom stereocenters. The van der Waals surface area contributed by atoms with E-state index in [4.69, 9.17) is 24.1 Å². The van der Waals surface area contributed by atoms with Gasteiger partial charge in [-0.2, -0.15) is 0 Å². The smallest absolute Gasteiger partial charge is 0.200 e. The fourth-order valence-electron chi connectivity index (χ4n) is 4.74. The van der Waals surface area contributed by atoms with E-state index in [0.29, 0.717) is 37.9 Å². The van der Waals surface area contributed by atoms with Gasteiger partial charge in [0.15, 0.2) is 29.8 Å². The maximum absolute atomic E-state index is 10.7. The topological polar surface area (TPSA) is 138 Å². The first-order valence-corrected chi connectivity index (χ1v) is 13.0. The van der Waals surface area contributed by atoms with E-state index in [-0.39, 0.29) is 35.2 Å². The van der Waals surface area contributed by atoms with Crippen molar-refractivity contribution in [3.05, 3.63) is 41.5 Å². The monoisotopic (exact) mass is 520 g/mol. The van der Waals surface area contributed by atoms with Crippen LogP contribution in [0.3, 0.4) is 0 Å². The minimum Gasteiger partial charge on any atom is -0.504 e. The van der Waals surface area contributed by atoms with Crippen molar-refractivity contribution in [2.24, 2.45) is 0 Å². The third kappa shape index (κ3) is 8.96. The van der Waals surface area contributed by atoms with Gasteiger partial charge in [0.2, 0.25) is 5.75 Å². The van der Waals surface area contributed by atoms with Crippen molar-refractivity contribution in [2.75, 3.05) is 20.7 Å². The highest BCUT2D eigenvalue weighted by Crippen LogP contribution is 2.38. The van der Waals surface area contributed by atoms with E-state index in [1.54, 1.807) is 18.2 Å². The van der Waals surface area contributed by atoms with Crippen LogP contribution in [0, 0.1) is 0 Å². The molecule has 0 radical (unpaired) electrons. The molecule has 0 heterocycles. The maximum Gasteiger partial charge on any atom is 0.200 e. The summed E-state index contributed by atoms with van der Waals surface area (Å²) in [4.78, 5) is 0. The number of aliphatic hydroxyl groups excluding tert-OH is 3. The van der Waals surface area contributed by atoms with Gasteiger partial charge in [-0.3, -0.25) is 0 Å². The zero-order valence-electron chi connectivity index (χ0n) is 21.5. The molecule has 37 heavy (non-hydrogen) atoms. The lowest BCUT2D eigenvalue weighted by molar-refractivity contribution is -0.0690. The highest BCUT2D eigenvalue weighted by atomic mass is 16.6. The number of methoxy groups -OCH3 is 1. The molecule has 0 bridgehead atoms. The number of phenolic OH excluding ortho intramolecular Hbond substituents is 2. The Morgan fingerprint density at radius 1 is 0.865 bits per heavy atom. The Balaban J connectivity index is 1.54. The summed E-state index contributed by atoms with van der Waals surface area (Å²) in [6.07, 6.45) is 7.03. The van der Waals surface area contributed by atoms with E-state index in [1.807, 2.05) is 12.1 Å². The van der Waals surface area contributed by atoms with E-state index in [9.17, 15) is 20.4 Å². The molecule has 206 valence electrons. The molecule has 9 heteroatoms. The molecule has 0 aliphatic heterocycles. The van der Waals surface area contributed by atoms with Crippen LogP contribution in [-0.4, -0.2) is 64.5 Å². The molecule has 0 saturated heterocycles. The van der Waals surface area contributed by atoms with Crippen LogP contribution in [0.15, 0.2) is 30.3 Å². The highest BCUT2D eigenvalue weighted by molar-refractivity contribution is 5.52. The van der Waals surface area contributed by atoms with Crippen LogP contribution in [-0.2, 0) is 17.6 Å². The number of benzene rings is 2. The van der Waals surface area contributed by atoms with Gasteiger partial charge >= 0.3 is 0 Å². The molecule has 1 aliphatic rings. The fourth-order valence-corrected chi connectivity index (χ4v) is 4.74. The van der Waals surface area contributed by atoms with Gasteiger partial charge in [0.25, 0.3) is 0 Å². The van der Waals surface area contributed by atoms with E-state index in [1.165, 1.54) is 13.5 Å². The Morgan fingerprint density at radius 2 is 1.57 bits per heavy atom. The first kappa shape index (κ1) is 28.8. The number of rotatable bonds is 15. The second kappa shape index (κ2) is 14.9. The quantitative estimate of drug-likeness (QED) is 0.222. The number of ether oxygens (including phenoxy) is 4. The van der Waals surface area contributed by atoms with Crippen molar-refractivity contribution >= 4 is 0 Å². The highest BCUT2D eigenvalue weighted by Gasteiger charge is 2.19. The van der Waals surface area contributed by atoms with Crippen LogP contribution >= 0.6 is 0 Å². The molecule has 1 aliphatic carbocycles. The molecule has 3 rings (SSSR count). The molecular formula is C28H40O9. The van der Waals surface area contributed by atoms with Gasteiger partial charge in [0, 0.05) is 0 Å². The summed E-state index contributed by atoms with van der Waals surface area (Å²) >= 11 is 0. The number of hydrogen-bond acceptors (Lipinski definition) is 9. The molecule has 1 saturated carbocycles. The minimum atomic E-state index is -0.691. The molecule has 2 aromatic rings. The normalized spacial score (nSPS) is 15.8. The van der Waals surface area contributed by atoms with Gasteiger partial charge in [-0.15, -0.1) is 0 Å². The van der Waals surface area contributed by atoms with Crippen molar-refractivity contribution in [3.63, 3.8) is 0 Å². The van der Waals surface area contributed by atoms with Crippen LogP contribution in [0.5, 0.6) is 28.7 Å². The van der Waals surface area contributed by atoms with Gasteiger partial charge in [0.05, 0.1) is 25.4 Å². The van der Waals surface area contributed by atoms with E-state index >= 15 is 0 Å². The van der Waals surface area contributed by atoms with Crippen LogP contribution in [0.1, 0.15) is 62.5 Å². The zero-order chi connectivity index (χ0) is 26.6. The van der Waals surface area contributed by atoms with Gasteiger partial charge in [-0.25, -0.2) is 0 Å². The molecule has 0 spiro atoms. The molecular weight excluding hydrogens is 480 g/mol. The van der Waals surface area contributed by atoms with Gasteiger partial charge < -0.3 is 44.5 Å². The van der Waals surface area contributed by atoms with Crippen LogP contribution in [0.25, 0.3) is 0 Å². The van der Waals surface area contributed by atoms with Crippen LogP contribution in [0.4, 0.5) is 0 Å². The lowest BCUT2D eigenvalue weighted by atomic mass is 9.97. The Labute approximate surface area is 218 Å². The van der Waals surface area contributed by atoms with Crippen molar-refractivity contribution in [3.8, 4) is 28.7 Å². The summed E-state index contributed by atoms with van der Waals surface area (Å²) in [5.74, 6) is 0.759. The summed E-state index contributed by atoms with van der Waals surface area (Å²) in [5, 5.41) is 49.4. The number of aliphatic hydroxyl groups is 3. The Morgan fingerprint density at radius 3 is 2.27 bits per heavy atom. The largest absolute Gasteiger partial charge is 0.504 e. The third-order valence-electron chi connectivity index (χ3n) is 6.78. The molecule has 9 nitrogen and oxygen atoms in total. The van der Waals surface area contributed by atoms with Crippen LogP contribution < -0.4 is 14.2 Å². The standard InChI is InChI=1S/C28H40O9/c1-34-26-14-20(15-27(28(26)33)36-18-30)7-10-21(31)16-23(35-17-29)11-8-19-9-12-24(32)25(13-19)37-22-5-3-2-4-6-22/h9,12-15,21-23,29-33H,2-8,10-11,16-18H2,1H3. The predicted octanol–water partition coefficient (Wildman–Crippen LogP) is 3.80. The van der Waals surface area contributed by atoms with Gasteiger partial charge in [0.1, 0.15) is 6.79 Å². The van der Waals surface area contributed by atoms with E-state index in [0.717, 1.165) is 36.8 Å². The summed E-state index contributed by atoms with van der Waals surface area (Å²) in [6.45, 7) is -1.03. The third-order valence-corrected chi connectivity index (χ3v) is 6.78. The predicted molar refractivity (Wildman–Crippen MR) is 137 cm³/mol. The molecule has 1 fully saturated rings. The Hall–Kier alpha value is -2.72. The second-order valence-corrected chi connectivity index (χ2v) is 9.48. The van der Waals surface area contributed by atoms with Crippen molar-refractivity contribution < 1.29 is 44.5 Å². The molecule has 0 aromatic heterocycles. The Kier molecular flexibility index (Phi) is 11.6. The molecule has 0 amide bonds. The second-order valence-electron chi connectivity index (χ2n) is 9.48. The minimum absolute atomic E-state index is 0.105. The number of hydrogen-bond donors (Lipinski definition) is 5. The average Bonchev–Trinajstić information content (AvgIpc) is 2.90. The fraction of sp³-hybridized carbons (Fsp3) is 0.571. The lowest BCUT2D eigenvalue weighted by Crippen LogP contribution is -2.23. The molecule has 2 aromatic carbocycles. The van der Waals surface area contributed by atoms with Crippen molar-refractivity contribution in [1.82, 2.24) is 0 Å². The first-order chi connectivity index (χ1) is 17.9.